The molecule has 0 aromatic heterocycles. The van der Waals surface area contributed by atoms with Crippen molar-refractivity contribution in [2.24, 2.45) is 0 Å². The minimum absolute atomic E-state index is 0.0193. The number of hydrogen-bond acceptors (Lipinski definition) is 5. The standard InChI is InChI=1S/C20H25N3O4S/c1-21(13-7-10-17-8-3-2-4-9-17)19-12-11-18(23(24)25)16-20(19)28(26,27)22-14-5-6-15-22/h2-4,8-9,11-12,16H,5-7,10,13-15H2,1H3. The second kappa shape index (κ2) is 8.70. The van der Waals surface area contributed by atoms with Gasteiger partial charge in [-0.3, -0.25) is 10.1 Å². The summed E-state index contributed by atoms with van der Waals surface area (Å²) in [6, 6.07) is 14.2. The van der Waals surface area contributed by atoms with Crippen LogP contribution in [0.2, 0.25) is 0 Å². The molecule has 0 N–H and O–H groups in total. The highest BCUT2D eigenvalue weighted by atomic mass is 32.2. The number of aryl methyl sites for hydroxylation is 1. The van der Waals surface area contributed by atoms with Gasteiger partial charge in [0.15, 0.2) is 0 Å². The Bertz CT molecular complexity index is 926. The molecule has 3 rings (SSSR count). The van der Waals surface area contributed by atoms with Gasteiger partial charge >= 0.3 is 0 Å². The molecule has 150 valence electrons. The second-order valence-electron chi connectivity index (χ2n) is 7.03. The number of nitro benzene ring substituents is 1. The summed E-state index contributed by atoms with van der Waals surface area (Å²) in [4.78, 5) is 12.5. The molecular weight excluding hydrogens is 378 g/mol. The number of sulfonamides is 1. The highest BCUT2D eigenvalue weighted by Gasteiger charge is 2.31. The van der Waals surface area contributed by atoms with E-state index < -0.39 is 14.9 Å². The van der Waals surface area contributed by atoms with Gasteiger partial charge in [0.1, 0.15) is 4.90 Å². The molecule has 0 atom stereocenters. The van der Waals surface area contributed by atoms with Crippen LogP contribution in [-0.2, 0) is 16.4 Å². The van der Waals surface area contributed by atoms with E-state index in [0.717, 1.165) is 25.7 Å². The van der Waals surface area contributed by atoms with Crippen LogP contribution in [0.4, 0.5) is 11.4 Å². The van der Waals surface area contributed by atoms with E-state index in [2.05, 4.69) is 12.1 Å². The van der Waals surface area contributed by atoms with E-state index in [9.17, 15) is 18.5 Å². The van der Waals surface area contributed by atoms with Crippen LogP contribution in [0.25, 0.3) is 0 Å². The first kappa shape index (κ1) is 20.3. The fraction of sp³-hybridized carbons (Fsp3) is 0.400. The van der Waals surface area contributed by atoms with Gasteiger partial charge in [0.2, 0.25) is 10.0 Å². The zero-order valence-corrected chi connectivity index (χ0v) is 16.8. The van der Waals surface area contributed by atoms with Gasteiger partial charge in [0, 0.05) is 38.8 Å². The molecule has 8 heteroatoms. The summed E-state index contributed by atoms with van der Waals surface area (Å²) >= 11 is 0. The molecule has 1 aliphatic rings. The lowest BCUT2D eigenvalue weighted by Gasteiger charge is -2.24. The Morgan fingerprint density at radius 2 is 1.79 bits per heavy atom. The summed E-state index contributed by atoms with van der Waals surface area (Å²) in [6.07, 6.45) is 3.36. The van der Waals surface area contributed by atoms with E-state index in [1.165, 1.54) is 22.0 Å². The topological polar surface area (TPSA) is 83.8 Å². The summed E-state index contributed by atoms with van der Waals surface area (Å²) in [5.74, 6) is 0. The highest BCUT2D eigenvalue weighted by molar-refractivity contribution is 7.89. The van der Waals surface area contributed by atoms with E-state index in [4.69, 9.17) is 0 Å². The molecule has 0 saturated carbocycles. The lowest BCUT2D eigenvalue weighted by molar-refractivity contribution is -0.385. The molecule has 0 spiro atoms. The Morgan fingerprint density at radius 3 is 2.43 bits per heavy atom. The van der Waals surface area contributed by atoms with Gasteiger partial charge < -0.3 is 4.90 Å². The van der Waals surface area contributed by atoms with Crippen molar-refractivity contribution in [1.29, 1.82) is 0 Å². The largest absolute Gasteiger partial charge is 0.373 e. The zero-order valence-electron chi connectivity index (χ0n) is 16.0. The van der Waals surface area contributed by atoms with E-state index >= 15 is 0 Å². The van der Waals surface area contributed by atoms with Crippen molar-refractivity contribution in [1.82, 2.24) is 4.31 Å². The number of nitro groups is 1. The predicted molar refractivity (Wildman–Crippen MR) is 109 cm³/mol. The molecule has 28 heavy (non-hydrogen) atoms. The van der Waals surface area contributed by atoms with Crippen LogP contribution in [0.15, 0.2) is 53.4 Å². The Kier molecular flexibility index (Phi) is 6.31. The summed E-state index contributed by atoms with van der Waals surface area (Å²) in [7, 11) is -1.93. The molecule has 2 aromatic rings. The molecule has 1 heterocycles. The second-order valence-corrected chi connectivity index (χ2v) is 8.94. The van der Waals surface area contributed by atoms with Crippen molar-refractivity contribution >= 4 is 21.4 Å². The number of benzene rings is 2. The Hall–Kier alpha value is -2.45. The highest BCUT2D eigenvalue weighted by Crippen LogP contribution is 2.32. The molecule has 1 fully saturated rings. The average Bonchev–Trinajstić information content (AvgIpc) is 3.24. The van der Waals surface area contributed by atoms with Crippen LogP contribution in [-0.4, -0.2) is 44.3 Å². The molecule has 0 unspecified atom stereocenters. The first-order valence-electron chi connectivity index (χ1n) is 9.43. The Morgan fingerprint density at radius 1 is 1.11 bits per heavy atom. The van der Waals surface area contributed by atoms with Crippen LogP contribution in [0.5, 0.6) is 0 Å². The third-order valence-electron chi connectivity index (χ3n) is 5.05. The molecule has 0 aliphatic carbocycles. The lowest BCUT2D eigenvalue weighted by Crippen LogP contribution is -2.30. The van der Waals surface area contributed by atoms with Gasteiger partial charge in [-0.15, -0.1) is 0 Å². The monoisotopic (exact) mass is 403 g/mol. The maximum atomic E-state index is 13.1. The minimum Gasteiger partial charge on any atom is -0.373 e. The smallest absolute Gasteiger partial charge is 0.270 e. The molecule has 1 aliphatic heterocycles. The molecule has 2 aromatic carbocycles. The van der Waals surface area contributed by atoms with Gasteiger partial charge in [0.05, 0.1) is 10.6 Å². The van der Waals surface area contributed by atoms with E-state index in [1.54, 1.807) is 6.07 Å². The van der Waals surface area contributed by atoms with Gasteiger partial charge in [-0.2, -0.15) is 4.31 Å². The molecule has 7 nitrogen and oxygen atoms in total. The number of rotatable bonds is 8. The fourth-order valence-electron chi connectivity index (χ4n) is 3.49. The Labute approximate surface area is 165 Å². The first-order valence-corrected chi connectivity index (χ1v) is 10.9. The van der Waals surface area contributed by atoms with Crippen molar-refractivity contribution in [3.05, 3.63) is 64.2 Å². The minimum atomic E-state index is -3.76. The molecular formula is C20H25N3O4S. The summed E-state index contributed by atoms with van der Waals surface area (Å²) in [5.41, 5.74) is 1.52. The van der Waals surface area contributed by atoms with Crippen molar-refractivity contribution in [2.45, 2.75) is 30.6 Å². The molecule has 1 saturated heterocycles. The number of non-ortho nitro benzene ring substituents is 1. The number of anilines is 1. The molecule has 0 amide bonds. The maximum absolute atomic E-state index is 13.1. The van der Waals surface area contributed by atoms with Crippen molar-refractivity contribution in [2.75, 3.05) is 31.6 Å². The first-order chi connectivity index (χ1) is 13.4. The lowest BCUT2D eigenvalue weighted by atomic mass is 10.1. The normalized spacial score (nSPS) is 14.9. The third-order valence-corrected chi connectivity index (χ3v) is 6.98. The van der Waals surface area contributed by atoms with Crippen molar-refractivity contribution < 1.29 is 13.3 Å². The van der Waals surface area contributed by atoms with E-state index in [0.29, 0.717) is 25.3 Å². The quantitative estimate of drug-likeness (QED) is 0.498. The predicted octanol–water partition coefficient (Wildman–Crippen LogP) is 3.45. The Balaban J connectivity index is 1.83. The van der Waals surface area contributed by atoms with Gasteiger partial charge in [-0.25, -0.2) is 8.42 Å². The van der Waals surface area contributed by atoms with Gasteiger partial charge in [-0.1, -0.05) is 30.3 Å². The summed E-state index contributed by atoms with van der Waals surface area (Å²) < 4.78 is 27.6. The van der Waals surface area contributed by atoms with Crippen LogP contribution in [0, 0.1) is 10.1 Å². The van der Waals surface area contributed by atoms with E-state index in [-0.39, 0.29) is 10.6 Å². The average molecular weight is 404 g/mol. The van der Waals surface area contributed by atoms with Crippen LogP contribution in [0.1, 0.15) is 24.8 Å². The van der Waals surface area contributed by atoms with Crippen LogP contribution in [0.3, 0.4) is 0 Å². The zero-order chi connectivity index (χ0) is 20.1. The van der Waals surface area contributed by atoms with Crippen molar-refractivity contribution in [3.8, 4) is 0 Å². The summed E-state index contributed by atoms with van der Waals surface area (Å²) in [5, 5.41) is 11.2. The maximum Gasteiger partial charge on any atom is 0.270 e. The van der Waals surface area contributed by atoms with Crippen LogP contribution >= 0.6 is 0 Å². The molecule has 0 bridgehead atoms. The third kappa shape index (κ3) is 4.51. The van der Waals surface area contributed by atoms with Crippen LogP contribution < -0.4 is 4.90 Å². The fourth-order valence-corrected chi connectivity index (χ4v) is 5.27. The van der Waals surface area contributed by atoms with E-state index in [1.807, 2.05) is 30.1 Å². The SMILES string of the molecule is CN(CCCc1ccccc1)c1ccc([N+](=O)[O-])cc1S(=O)(=O)N1CCCC1. The number of hydrogen-bond donors (Lipinski definition) is 0. The summed E-state index contributed by atoms with van der Waals surface area (Å²) in [6.45, 7) is 1.57. The molecule has 0 radical (unpaired) electrons. The van der Waals surface area contributed by atoms with Crippen molar-refractivity contribution in [3.63, 3.8) is 0 Å². The van der Waals surface area contributed by atoms with Gasteiger partial charge in [-0.05, 0) is 37.3 Å². The van der Waals surface area contributed by atoms with Gasteiger partial charge in [0.25, 0.3) is 5.69 Å². The number of nitrogens with zero attached hydrogens (tertiary/aromatic N) is 3.